The van der Waals surface area contributed by atoms with Gasteiger partial charge in [-0.05, 0) is 43.7 Å². The molecule has 14 heavy (non-hydrogen) atoms. The monoisotopic (exact) mass is 211 g/mol. The lowest BCUT2D eigenvalue weighted by molar-refractivity contribution is 0.500. The highest BCUT2D eigenvalue weighted by Crippen LogP contribution is 2.17. The Labute approximate surface area is 91.5 Å². The molecule has 0 unspecified atom stereocenters. The molecule has 1 heterocycles. The summed E-state index contributed by atoms with van der Waals surface area (Å²) in [6.45, 7) is 7.93. The molecule has 1 rings (SSSR count). The standard InChI is InChI=1S/C12H21NS/c1-10(2)6-4-8-13-11(3)12-7-5-9-14-12/h5,7,9-11,13H,4,6,8H2,1-3H3/t11-/m1/s1. The SMILES string of the molecule is CC(C)CCCN[C@H](C)c1cccs1. The van der Waals surface area contributed by atoms with Crippen LogP contribution in [-0.4, -0.2) is 6.54 Å². The van der Waals surface area contributed by atoms with Crippen molar-refractivity contribution in [3.63, 3.8) is 0 Å². The summed E-state index contributed by atoms with van der Waals surface area (Å²) < 4.78 is 0. The summed E-state index contributed by atoms with van der Waals surface area (Å²) in [4.78, 5) is 1.44. The number of rotatable bonds is 6. The summed E-state index contributed by atoms with van der Waals surface area (Å²) in [7, 11) is 0. The first-order valence-corrected chi connectivity index (χ1v) is 6.35. The molecule has 1 nitrogen and oxygen atoms in total. The molecule has 0 saturated heterocycles. The molecule has 0 radical (unpaired) electrons. The van der Waals surface area contributed by atoms with Crippen molar-refractivity contribution in [2.24, 2.45) is 5.92 Å². The first-order chi connectivity index (χ1) is 6.70. The van der Waals surface area contributed by atoms with E-state index in [9.17, 15) is 0 Å². The summed E-state index contributed by atoms with van der Waals surface area (Å²) in [5, 5.41) is 5.69. The Hall–Kier alpha value is -0.340. The quantitative estimate of drug-likeness (QED) is 0.705. The largest absolute Gasteiger partial charge is 0.309 e. The second-order valence-corrected chi connectivity index (χ2v) is 5.21. The van der Waals surface area contributed by atoms with E-state index in [-0.39, 0.29) is 0 Å². The van der Waals surface area contributed by atoms with Gasteiger partial charge < -0.3 is 5.32 Å². The van der Waals surface area contributed by atoms with Gasteiger partial charge in [-0.25, -0.2) is 0 Å². The second-order valence-electron chi connectivity index (χ2n) is 4.23. The third-order valence-corrected chi connectivity index (χ3v) is 3.43. The highest BCUT2D eigenvalue weighted by molar-refractivity contribution is 7.10. The third-order valence-electron chi connectivity index (χ3n) is 2.38. The minimum atomic E-state index is 0.516. The van der Waals surface area contributed by atoms with Crippen molar-refractivity contribution in [2.75, 3.05) is 6.54 Å². The lowest BCUT2D eigenvalue weighted by atomic mass is 10.1. The Morgan fingerprint density at radius 2 is 2.14 bits per heavy atom. The highest BCUT2D eigenvalue weighted by atomic mass is 32.1. The Kier molecular flexibility index (Phi) is 5.20. The van der Waals surface area contributed by atoms with E-state index in [1.807, 2.05) is 11.3 Å². The normalized spacial score (nSPS) is 13.4. The van der Waals surface area contributed by atoms with E-state index in [4.69, 9.17) is 0 Å². The molecule has 1 atom stereocenters. The molecule has 0 fully saturated rings. The maximum absolute atomic E-state index is 3.55. The summed E-state index contributed by atoms with van der Waals surface area (Å²) in [5.41, 5.74) is 0. The molecule has 0 aliphatic carbocycles. The van der Waals surface area contributed by atoms with Gasteiger partial charge in [0.2, 0.25) is 0 Å². The van der Waals surface area contributed by atoms with Crippen molar-refractivity contribution < 1.29 is 0 Å². The van der Waals surface area contributed by atoms with Gasteiger partial charge in [-0.3, -0.25) is 0 Å². The van der Waals surface area contributed by atoms with Crippen LogP contribution in [0.2, 0.25) is 0 Å². The molecule has 0 aliphatic heterocycles. The number of hydrogen-bond acceptors (Lipinski definition) is 2. The summed E-state index contributed by atoms with van der Waals surface area (Å²) in [5.74, 6) is 0.828. The maximum Gasteiger partial charge on any atom is 0.0386 e. The highest BCUT2D eigenvalue weighted by Gasteiger charge is 2.04. The van der Waals surface area contributed by atoms with Gasteiger partial charge in [0.05, 0.1) is 0 Å². The zero-order chi connectivity index (χ0) is 10.4. The van der Waals surface area contributed by atoms with Crippen LogP contribution < -0.4 is 5.32 Å². The number of nitrogens with one attached hydrogen (secondary N) is 1. The van der Waals surface area contributed by atoms with Crippen LogP contribution in [0.15, 0.2) is 17.5 Å². The van der Waals surface area contributed by atoms with E-state index in [0.29, 0.717) is 6.04 Å². The lowest BCUT2D eigenvalue weighted by Crippen LogP contribution is -2.19. The maximum atomic E-state index is 3.55. The molecule has 1 aromatic heterocycles. The molecule has 0 amide bonds. The predicted molar refractivity (Wildman–Crippen MR) is 64.8 cm³/mol. The van der Waals surface area contributed by atoms with Crippen molar-refractivity contribution in [1.82, 2.24) is 5.32 Å². The summed E-state index contributed by atoms with van der Waals surface area (Å²) in [6.07, 6.45) is 2.61. The average Bonchev–Trinajstić information content (AvgIpc) is 2.64. The van der Waals surface area contributed by atoms with Crippen molar-refractivity contribution in [2.45, 2.75) is 39.7 Å². The summed E-state index contributed by atoms with van der Waals surface area (Å²) in [6, 6.07) is 4.83. The zero-order valence-electron chi connectivity index (χ0n) is 9.42. The van der Waals surface area contributed by atoms with Gasteiger partial charge in [0.1, 0.15) is 0 Å². The fraction of sp³-hybridized carbons (Fsp3) is 0.667. The smallest absolute Gasteiger partial charge is 0.0386 e. The van der Waals surface area contributed by atoms with Crippen LogP contribution in [0.5, 0.6) is 0 Å². The Morgan fingerprint density at radius 3 is 2.71 bits per heavy atom. The minimum Gasteiger partial charge on any atom is -0.309 e. The van der Waals surface area contributed by atoms with E-state index in [1.54, 1.807) is 0 Å². The molecular formula is C12H21NS. The van der Waals surface area contributed by atoms with Crippen LogP contribution in [0.25, 0.3) is 0 Å². The van der Waals surface area contributed by atoms with E-state index >= 15 is 0 Å². The summed E-state index contributed by atoms with van der Waals surface area (Å²) >= 11 is 1.83. The van der Waals surface area contributed by atoms with Crippen LogP contribution in [0.3, 0.4) is 0 Å². The van der Waals surface area contributed by atoms with Gasteiger partial charge in [0.25, 0.3) is 0 Å². The molecule has 2 heteroatoms. The first-order valence-electron chi connectivity index (χ1n) is 5.47. The van der Waals surface area contributed by atoms with Crippen LogP contribution in [0.1, 0.15) is 44.5 Å². The lowest BCUT2D eigenvalue weighted by Gasteiger charge is -2.12. The van der Waals surface area contributed by atoms with Gasteiger partial charge >= 0.3 is 0 Å². The molecule has 1 aromatic rings. The van der Waals surface area contributed by atoms with Crippen LogP contribution in [0, 0.1) is 5.92 Å². The minimum absolute atomic E-state index is 0.516. The van der Waals surface area contributed by atoms with Crippen molar-refractivity contribution >= 4 is 11.3 Å². The topological polar surface area (TPSA) is 12.0 Å². The van der Waals surface area contributed by atoms with Crippen LogP contribution in [-0.2, 0) is 0 Å². The van der Waals surface area contributed by atoms with E-state index in [1.165, 1.54) is 17.7 Å². The molecule has 0 aromatic carbocycles. The predicted octanol–water partition coefficient (Wildman–Crippen LogP) is 3.83. The Balaban J connectivity index is 2.13. The Bertz CT molecular complexity index is 228. The molecule has 0 spiro atoms. The van der Waals surface area contributed by atoms with E-state index < -0.39 is 0 Å². The fourth-order valence-corrected chi connectivity index (χ4v) is 2.23. The number of thiophene rings is 1. The van der Waals surface area contributed by atoms with Gasteiger partial charge in [-0.2, -0.15) is 0 Å². The molecule has 80 valence electrons. The Morgan fingerprint density at radius 1 is 1.36 bits per heavy atom. The molecule has 0 saturated carbocycles. The van der Waals surface area contributed by atoms with Crippen LogP contribution >= 0.6 is 11.3 Å². The van der Waals surface area contributed by atoms with Crippen molar-refractivity contribution in [3.8, 4) is 0 Å². The molecular weight excluding hydrogens is 190 g/mol. The van der Waals surface area contributed by atoms with E-state index in [2.05, 4.69) is 43.6 Å². The van der Waals surface area contributed by atoms with Gasteiger partial charge in [0, 0.05) is 10.9 Å². The fourth-order valence-electron chi connectivity index (χ4n) is 1.47. The van der Waals surface area contributed by atoms with Gasteiger partial charge in [0.15, 0.2) is 0 Å². The zero-order valence-corrected chi connectivity index (χ0v) is 10.2. The average molecular weight is 211 g/mol. The van der Waals surface area contributed by atoms with Crippen molar-refractivity contribution in [3.05, 3.63) is 22.4 Å². The van der Waals surface area contributed by atoms with Crippen molar-refractivity contribution in [1.29, 1.82) is 0 Å². The number of hydrogen-bond donors (Lipinski definition) is 1. The van der Waals surface area contributed by atoms with Gasteiger partial charge in [-0.15, -0.1) is 11.3 Å². The first kappa shape index (κ1) is 11.7. The van der Waals surface area contributed by atoms with Crippen LogP contribution in [0.4, 0.5) is 0 Å². The van der Waals surface area contributed by atoms with E-state index in [0.717, 1.165) is 12.5 Å². The molecule has 0 aliphatic rings. The third kappa shape index (κ3) is 4.25. The second kappa shape index (κ2) is 6.20. The molecule has 0 bridgehead atoms. The van der Waals surface area contributed by atoms with Gasteiger partial charge in [-0.1, -0.05) is 19.9 Å². The molecule has 1 N–H and O–H groups in total.